The van der Waals surface area contributed by atoms with E-state index in [0.29, 0.717) is 30.2 Å². The van der Waals surface area contributed by atoms with Crippen molar-refractivity contribution in [3.8, 4) is 0 Å². The van der Waals surface area contributed by atoms with Gasteiger partial charge in [0.25, 0.3) is 0 Å². The molecule has 18 heavy (non-hydrogen) atoms. The van der Waals surface area contributed by atoms with Crippen LogP contribution in [-0.4, -0.2) is 40.9 Å². The minimum absolute atomic E-state index is 0.355. The Morgan fingerprint density at radius 3 is 3.00 bits per heavy atom. The molecule has 2 rings (SSSR count). The van der Waals surface area contributed by atoms with Gasteiger partial charge in [0, 0.05) is 0 Å². The normalized spacial score (nSPS) is 10.9. The van der Waals surface area contributed by atoms with Crippen LogP contribution in [0.5, 0.6) is 0 Å². The third kappa shape index (κ3) is 2.45. The number of hydrogen-bond acceptors (Lipinski definition) is 5. The van der Waals surface area contributed by atoms with Crippen molar-refractivity contribution in [3.63, 3.8) is 0 Å². The quantitative estimate of drug-likeness (QED) is 0.717. The van der Waals surface area contributed by atoms with Crippen LogP contribution in [0.1, 0.15) is 6.92 Å². The first kappa shape index (κ1) is 12.8. The summed E-state index contributed by atoms with van der Waals surface area (Å²) >= 11 is -0.492. The second kappa shape index (κ2) is 5.34. The molecular weight excluding hydrogens is 301 g/mol. The van der Waals surface area contributed by atoms with Crippen molar-refractivity contribution in [3.05, 3.63) is 12.5 Å². The van der Waals surface area contributed by atoms with Crippen LogP contribution in [-0.2, 0) is 11.5 Å². The molecule has 8 heteroatoms. The maximum atomic E-state index is 11.1. The first-order valence-electron chi connectivity index (χ1n) is 5.27. The summed E-state index contributed by atoms with van der Waals surface area (Å²) < 4.78 is 7.92. The molecule has 0 unspecified atom stereocenters. The van der Waals surface area contributed by atoms with Gasteiger partial charge >= 0.3 is 109 Å². The Labute approximate surface area is 110 Å². The fourth-order valence-electron chi connectivity index (χ4n) is 1.58. The Hall–Kier alpha value is -1.63. The fraction of sp³-hybridized carbons (Fsp3) is 0.300. The van der Waals surface area contributed by atoms with E-state index in [0.717, 1.165) is 4.46 Å². The van der Waals surface area contributed by atoms with Crippen molar-refractivity contribution in [1.82, 2.24) is 14.5 Å². The zero-order valence-electron chi connectivity index (χ0n) is 9.79. The summed E-state index contributed by atoms with van der Waals surface area (Å²) in [6.07, 6.45) is 3.19. The molecule has 2 aromatic heterocycles. The first-order valence-corrected chi connectivity index (χ1v) is 6.99. The number of primary amides is 1. The first-order chi connectivity index (χ1) is 8.63. The SMILES string of the molecule is CCOCn1cc([Se]C(N)=O)c2c(N)ncnc21. The summed E-state index contributed by atoms with van der Waals surface area (Å²) in [5, 5.41) is 0.691. The van der Waals surface area contributed by atoms with Gasteiger partial charge in [-0.3, -0.25) is 0 Å². The van der Waals surface area contributed by atoms with Gasteiger partial charge in [-0.1, -0.05) is 0 Å². The predicted octanol–water partition coefficient (Wildman–Crippen LogP) is -0.584. The summed E-state index contributed by atoms with van der Waals surface area (Å²) in [5.41, 5.74) is 11.7. The minimum atomic E-state index is -0.492. The molecule has 0 radical (unpaired) electrons. The number of carbonyl (C=O) groups excluding carboxylic acids is 1. The molecule has 0 atom stereocenters. The monoisotopic (exact) mass is 315 g/mol. The van der Waals surface area contributed by atoms with E-state index >= 15 is 0 Å². The van der Waals surface area contributed by atoms with Crippen LogP contribution < -0.4 is 15.9 Å². The van der Waals surface area contributed by atoms with Crippen molar-refractivity contribution < 1.29 is 9.53 Å². The topological polar surface area (TPSA) is 109 Å². The van der Waals surface area contributed by atoms with E-state index in [1.165, 1.54) is 6.33 Å². The van der Waals surface area contributed by atoms with Gasteiger partial charge in [0.05, 0.1) is 0 Å². The summed E-state index contributed by atoms with van der Waals surface area (Å²) in [5.74, 6) is 0.355. The van der Waals surface area contributed by atoms with Crippen LogP contribution in [0.15, 0.2) is 12.5 Å². The Morgan fingerprint density at radius 2 is 2.33 bits per heavy atom. The van der Waals surface area contributed by atoms with E-state index in [2.05, 4.69) is 9.97 Å². The molecule has 1 amide bonds. The van der Waals surface area contributed by atoms with E-state index < -0.39 is 15.0 Å². The molecule has 0 spiro atoms. The summed E-state index contributed by atoms with van der Waals surface area (Å²) in [4.78, 5) is 18.8. The number of ether oxygens (including phenoxy) is 1. The molecule has 0 saturated carbocycles. The third-order valence-electron chi connectivity index (χ3n) is 2.29. The second-order valence-electron chi connectivity index (χ2n) is 3.46. The van der Waals surface area contributed by atoms with E-state index in [9.17, 15) is 4.79 Å². The van der Waals surface area contributed by atoms with Gasteiger partial charge in [-0.05, 0) is 0 Å². The number of nitrogens with zero attached hydrogens (tertiary/aromatic N) is 3. The molecule has 7 nitrogen and oxygen atoms in total. The molecule has 0 aliphatic heterocycles. The Kier molecular flexibility index (Phi) is 3.81. The molecule has 0 aliphatic rings. The average molecular weight is 314 g/mol. The summed E-state index contributed by atoms with van der Waals surface area (Å²) in [7, 11) is 0. The molecule has 2 heterocycles. The van der Waals surface area contributed by atoms with E-state index in [4.69, 9.17) is 16.2 Å². The zero-order valence-corrected chi connectivity index (χ0v) is 11.5. The number of nitrogens with two attached hydrogens (primary N) is 2. The van der Waals surface area contributed by atoms with Crippen LogP contribution in [0, 0.1) is 0 Å². The van der Waals surface area contributed by atoms with Crippen molar-refractivity contribution in [2.24, 2.45) is 5.73 Å². The number of amides is 1. The number of nitrogen functional groups attached to an aromatic ring is 1. The number of carbonyl (C=O) groups is 1. The van der Waals surface area contributed by atoms with Crippen molar-refractivity contribution >= 4 is 41.1 Å². The summed E-state index contributed by atoms with van der Waals surface area (Å²) in [6, 6.07) is 0. The Bertz CT molecular complexity index is 583. The number of rotatable bonds is 5. The van der Waals surface area contributed by atoms with Gasteiger partial charge in [0.15, 0.2) is 0 Å². The van der Waals surface area contributed by atoms with E-state index in [1.807, 2.05) is 6.92 Å². The standard InChI is InChI=1S/C10H13N5O2Se/c1-2-17-5-15-3-6(18-10(12)16)7-8(11)13-4-14-9(7)15/h3-4H,2,5H2,1H3,(H2,12,16)(H2,11,13,14). The van der Waals surface area contributed by atoms with E-state index in [1.54, 1.807) is 10.8 Å². The predicted molar refractivity (Wildman–Crippen MR) is 68.5 cm³/mol. The van der Waals surface area contributed by atoms with Crippen molar-refractivity contribution in [2.75, 3.05) is 12.3 Å². The van der Waals surface area contributed by atoms with Gasteiger partial charge in [-0.15, -0.1) is 0 Å². The van der Waals surface area contributed by atoms with Crippen molar-refractivity contribution in [1.29, 1.82) is 0 Å². The van der Waals surface area contributed by atoms with Crippen LogP contribution >= 0.6 is 0 Å². The Morgan fingerprint density at radius 1 is 1.56 bits per heavy atom. The number of anilines is 1. The molecule has 0 aromatic carbocycles. The number of aromatic nitrogens is 3. The van der Waals surface area contributed by atoms with Crippen LogP contribution in [0.25, 0.3) is 11.0 Å². The molecule has 2 aromatic rings. The van der Waals surface area contributed by atoms with Gasteiger partial charge in [-0.25, -0.2) is 0 Å². The number of fused-ring (bicyclic) bond motifs is 1. The molecule has 0 fully saturated rings. The zero-order chi connectivity index (χ0) is 13.1. The average Bonchev–Trinajstić information content (AvgIpc) is 2.65. The van der Waals surface area contributed by atoms with Gasteiger partial charge in [-0.2, -0.15) is 0 Å². The van der Waals surface area contributed by atoms with Crippen LogP contribution in [0.3, 0.4) is 0 Å². The Balaban J connectivity index is 2.52. The molecule has 4 N–H and O–H groups in total. The summed E-state index contributed by atoms with van der Waals surface area (Å²) in [6.45, 7) is 2.86. The van der Waals surface area contributed by atoms with Crippen LogP contribution in [0.2, 0.25) is 0 Å². The van der Waals surface area contributed by atoms with Crippen molar-refractivity contribution in [2.45, 2.75) is 13.7 Å². The fourth-order valence-corrected chi connectivity index (χ4v) is 3.04. The van der Waals surface area contributed by atoms with Crippen LogP contribution in [0.4, 0.5) is 10.6 Å². The maximum absolute atomic E-state index is 11.1. The van der Waals surface area contributed by atoms with Gasteiger partial charge < -0.3 is 0 Å². The third-order valence-corrected chi connectivity index (χ3v) is 3.83. The molecule has 96 valence electrons. The van der Waals surface area contributed by atoms with Gasteiger partial charge in [0.1, 0.15) is 0 Å². The molecule has 0 bridgehead atoms. The number of hydrogen-bond donors (Lipinski definition) is 2. The van der Waals surface area contributed by atoms with E-state index in [-0.39, 0.29) is 4.81 Å². The molecule has 0 aliphatic carbocycles. The second-order valence-corrected chi connectivity index (χ2v) is 5.66. The van der Waals surface area contributed by atoms with Gasteiger partial charge in [0.2, 0.25) is 0 Å². The molecule has 0 saturated heterocycles. The molecular formula is C10H13N5O2Se.